The van der Waals surface area contributed by atoms with E-state index in [1.54, 1.807) is 24.4 Å². The van der Waals surface area contributed by atoms with Crippen molar-refractivity contribution in [2.75, 3.05) is 0 Å². The Balaban J connectivity index is 0.000000245. The van der Waals surface area contributed by atoms with E-state index in [9.17, 15) is 0 Å². The van der Waals surface area contributed by atoms with Crippen molar-refractivity contribution in [1.29, 1.82) is 0 Å². The van der Waals surface area contributed by atoms with Crippen molar-refractivity contribution in [2.45, 2.75) is 6.92 Å². The monoisotopic (exact) mass is 205 g/mol. The highest BCUT2D eigenvalue weighted by Gasteiger charge is 1.92. The number of nitrogens with zero attached hydrogens (tertiary/aromatic N) is 1. The number of phenols is 1. The number of hydrogen-bond donors (Lipinski definition) is 2. The van der Waals surface area contributed by atoms with Crippen molar-refractivity contribution in [1.82, 2.24) is 4.98 Å². The zero-order valence-electron chi connectivity index (χ0n) is 8.21. The highest BCUT2D eigenvalue weighted by Crippen LogP contribution is 2.16. The predicted octanol–water partition coefficient (Wildman–Crippen LogP) is 2.03. The zero-order valence-corrected chi connectivity index (χ0v) is 8.21. The lowest BCUT2D eigenvalue weighted by atomic mass is 10.2. The van der Waals surface area contributed by atoms with E-state index < -0.39 is 5.97 Å². The fraction of sp³-hybridized carbons (Fsp3) is 0.0909. The van der Waals surface area contributed by atoms with Crippen LogP contribution in [-0.2, 0) is 4.79 Å². The minimum atomic E-state index is -0.833. The van der Waals surface area contributed by atoms with Gasteiger partial charge in [-0.3, -0.25) is 9.78 Å². The number of fused-ring (bicyclic) bond motifs is 1. The van der Waals surface area contributed by atoms with Crippen molar-refractivity contribution in [3.05, 3.63) is 36.5 Å². The Hall–Kier alpha value is -2.10. The lowest BCUT2D eigenvalue weighted by Crippen LogP contribution is -1.78. The van der Waals surface area contributed by atoms with E-state index in [-0.39, 0.29) is 5.75 Å². The molecule has 0 aliphatic carbocycles. The van der Waals surface area contributed by atoms with Crippen molar-refractivity contribution >= 4 is 16.9 Å². The second-order valence-electron chi connectivity index (χ2n) is 2.90. The van der Waals surface area contributed by atoms with Crippen LogP contribution in [-0.4, -0.2) is 21.2 Å². The Labute approximate surface area is 86.8 Å². The van der Waals surface area contributed by atoms with Crippen LogP contribution in [0.5, 0.6) is 5.75 Å². The molecule has 2 rings (SSSR count). The first-order valence-corrected chi connectivity index (χ1v) is 4.33. The highest BCUT2D eigenvalue weighted by molar-refractivity contribution is 5.79. The summed E-state index contributed by atoms with van der Waals surface area (Å²) in [5.74, 6) is -0.550. The van der Waals surface area contributed by atoms with Gasteiger partial charge in [-0.25, -0.2) is 0 Å². The molecule has 0 atom stereocenters. The molecule has 1 aromatic carbocycles. The average molecular weight is 205 g/mol. The largest absolute Gasteiger partial charge is 0.508 e. The van der Waals surface area contributed by atoms with Crippen molar-refractivity contribution < 1.29 is 15.0 Å². The molecule has 78 valence electrons. The molecule has 0 saturated carbocycles. The second kappa shape index (κ2) is 4.95. The maximum Gasteiger partial charge on any atom is 0.300 e. The summed E-state index contributed by atoms with van der Waals surface area (Å²) in [6.07, 6.45) is 1.74. The molecular weight excluding hydrogens is 194 g/mol. The third kappa shape index (κ3) is 3.64. The number of phenolic OH excluding ortho intramolecular Hbond substituents is 1. The van der Waals surface area contributed by atoms with Gasteiger partial charge in [0.25, 0.3) is 5.97 Å². The third-order valence-electron chi connectivity index (χ3n) is 1.59. The van der Waals surface area contributed by atoms with Gasteiger partial charge in [-0.2, -0.15) is 0 Å². The highest BCUT2D eigenvalue weighted by atomic mass is 16.4. The number of rotatable bonds is 0. The van der Waals surface area contributed by atoms with Gasteiger partial charge in [0.15, 0.2) is 0 Å². The number of hydrogen-bond acceptors (Lipinski definition) is 3. The van der Waals surface area contributed by atoms with Crippen LogP contribution in [0.2, 0.25) is 0 Å². The zero-order chi connectivity index (χ0) is 11.3. The molecule has 2 aromatic rings. The summed E-state index contributed by atoms with van der Waals surface area (Å²) in [6.45, 7) is 1.08. The molecule has 0 radical (unpaired) electrons. The Bertz CT molecular complexity index is 464. The first-order valence-electron chi connectivity index (χ1n) is 4.33. The van der Waals surface area contributed by atoms with Crippen LogP contribution in [0, 0.1) is 0 Å². The van der Waals surface area contributed by atoms with Crippen LogP contribution in [0.3, 0.4) is 0 Å². The van der Waals surface area contributed by atoms with Gasteiger partial charge < -0.3 is 10.2 Å². The van der Waals surface area contributed by atoms with E-state index in [4.69, 9.17) is 15.0 Å². The standard InChI is InChI=1S/C9H7NO.C2H4O2/c11-8-3-4-9-7(6-8)2-1-5-10-9;1-2(3)4/h1-6,11H;1H3,(H,3,4). The molecule has 4 nitrogen and oxygen atoms in total. The number of benzene rings is 1. The van der Waals surface area contributed by atoms with E-state index in [2.05, 4.69) is 4.98 Å². The minimum absolute atomic E-state index is 0.283. The molecule has 0 aliphatic rings. The van der Waals surface area contributed by atoms with Crippen molar-refractivity contribution in [2.24, 2.45) is 0 Å². The molecule has 0 bridgehead atoms. The lowest BCUT2D eigenvalue weighted by Gasteiger charge is -1.95. The quantitative estimate of drug-likeness (QED) is 0.690. The average Bonchev–Trinajstić information content (AvgIpc) is 2.16. The molecule has 4 heteroatoms. The normalized spacial score (nSPS) is 9.13. The molecule has 0 unspecified atom stereocenters. The molecule has 0 fully saturated rings. The topological polar surface area (TPSA) is 70.4 Å². The SMILES string of the molecule is CC(=O)O.Oc1ccc2ncccc2c1. The first kappa shape index (κ1) is 11.0. The summed E-state index contributed by atoms with van der Waals surface area (Å²) in [4.78, 5) is 13.1. The van der Waals surface area contributed by atoms with Gasteiger partial charge in [0.2, 0.25) is 0 Å². The molecule has 0 spiro atoms. The molecule has 15 heavy (non-hydrogen) atoms. The number of carboxylic acids is 1. The fourth-order valence-corrected chi connectivity index (χ4v) is 1.06. The number of aromatic hydroxyl groups is 1. The lowest BCUT2D eigenvalue weighted by molar-refractivity contribution is -0.134. The predicted molar refractivity (Wildman–Crippen MR) is 56.7 cm³/mol. The third-order valence-corrected chi connectivity index (χ3v) is 1.59. The smallest absolute Gasteiger partial charge is 0.300 e. The van der Waals surface area contributed by atoms with Crippen LogP contribution in [0.25, 0.3) is 10.9 Å². The number of carbonyl (C=O) groups is 1. The summed E-state index contributed by atoms with van der Waals surface area (Å²) >= 11 is 0. The summed E-state index contributed by atoms with van der Waals surface area (Å²) in [6, 6.07) is 8.90. The number of aliphatic carboxylic acids is 1. The van der Waals surface area contributed by atoms with Gasteiger partial charge in [0, 0.05) is 18.5 Å². The number of pyridine rings is 1. The molecule has 1 heterocycles. The molecule has 0 saturated heterocycles. The summed E-state index contributed by atoms with van der Waals surface area (Å²) in [7, 11) is 0. The van der Waals surface area contributed by atoms with Crippen LogP contribution in [0.4, 0.5) is 0 Å². The van der Waals surface area contributed by atoms with Gasteiger partial charge in [0.05, 0.1) is 5.52 Å². The van der Waals surface area contributed by atoms with Gasteiger partial charge in [-0.1, -0.05) is 6.07 Å². The fourth-order valence-electron chi connectivity index (χ4n) is 1.06. The summed E-state index contributed by atoms with van der Waals surface area (Å²) in [5, 5.41) is 17.5. The van der Waals surface area contributed by atoms with E-state index in [0.717, 1.165) is 17.8 Å². The summed E-state index contributed by atoms with van der Waals surface area (Å²) in [5.41, 5.74) is 0.908. The molecular formula is C11H11NO3. The van der Waals surface area contributed by atoms with Crippen molar-refractivity contribution in [3.63, 3.8) is 0 Å². The minimum Gasteiger partial charge on any atom is -0.508 e. The van der Waals surface area contributed by atoms with E-state index >= 15 is 0 Å². The van der Waals surface area contributed by atoms with Crippen LogP contribution in [0.15, 0.2) is 36.5 Å². The maximum atomic E-state index is 9.10. The van der Waals surface area contributed by atoms with E-state index in [0.29, 0.717) is 0 Å². The van der Waals surface area contributed by atoms with E-state index in [1.165, 1.54) is 0 Å². The molecule has 0 aliphatic heterocycles. The Morgan fingerprint density at radius 1 is 1.33 bits per heavy atom. The number of carboxylic acid groups (broad SMARTS) is 1. The van der Waals surface area contributed by atoms with Gasteiger partial charge in [-0.15, -0.1) is 0 Å². The Morgan fingerprint density at radius 2 is 2.00 bits per heavy atom. The van der Waals surface area contributed by atoms with Gasteiger partial charge in [-0.05, 0) is 24.3 Å². The Kier molecular flexibility index (Phi) is 3.62. The second-order valence-corrected chi connectivity index (χ2v) is 2.90. The number of aromatic nitrogens is 1. The molecule has 2 N–H and O–H groups in total. The summed E-state index contributed by atoms with van der Waals surface area (Å²) < 4.78 is 0. The van der Waals surface area contributed by atoms with E-state index in [1.807, 2.05) is 12.1 Å². The van der Waals surface area contributed by atoms with Crippen molar-refractivity contribution in [3.8, 4) is 5.75 Å². The van der Waals surface area contributed by atoms with Gasteiger partial charge >= 0.3 is 0 Å². The Morgan fingerprint density at radius 3 is 2.67 bits per heavy atom. The first-order chi connectivity index (χ1) is 7.09. The van der Waals surface area contributed by atoms with Crippen LogP contribution >= 0.6 is 0 Å². The van der Waals surface area contributed by atoms with Gasteiger partial charge in [0.1, 0.15) is 5.75 Å². The molecule has 0 amide bonds. The van der Waals surface area contributed by atoms with Crippen LogP contribution < -0.4 is 0 Å². The maximum absolute atomic E-state index is 9.10. The molecule has 1 aromatic heterocycles. The van der Waals surface area contributed by atoms with Crippen LogP contribution in [0.1, 0.15) is 6.92 Å².